The molecular formula is C13H14N2O4S2. The number of carbonyl (C=O) groups excluding carboxylic acids is 1. The molecule has 1 aromatic carbocycles. The molecule has 0 aliphatic carbocycles. The van der Waals surface area contributed by atoms with E-state index in [0.29, 0.717) is 17.1 Å². The molecular weight excluding hydrogens is 312 g/mol. The third-order valence-electron chi connectivity index (χ3n) is 2.68. The van der Waals surface area contributed by atoms with Crippen LogP contribution < -0.4 is 11.3 Å². The summed E-state index contributed by atoms with van der Waals surface area (Å²) in [5, 5.41) is 0. The number of nitrogens with one attached hydrogen (secondary N) is 1. The van der Waals surface area contributed by atoms with E-state index < -0.39 is 15.7 Å². The number of sulfone groups is 1. The van der Waals surface area contributed by atoms with E-state index in [1.807, 2.05) is 5.43 Å². The number of hydrogen-bond acceptors (Lipinski definition) is 6. The van der Waals surface area contributed by atoms with Crippen molar-refractivity contribution in [2.24, 2.45) is 5.84 Å². The molecule has 0 atom stereocenters. The van der Waals surface area contributed by atoms with E-state index in [4.69, 9.17) is 10.3 Å². The van der Waals surface area contributed by atoms with E-state index in [1.54, 1.807) is 30.3 Å². The van der Waals surface area contributed by atoms with Crippen molar-refractivity contribution in [3.63, 3.8) is 0 Å². The Morgan fingerprint density at radius 3 is 2.57 bits per heavy atom. The summed E-state index contributed by atoms with van der Waals surface area (Å²) >= 11 is 1.47. The SMILES string of the molecule is CS(=O)(=O)c1ccc(SCc2cc(C(=O)NN)co2)cc1. The van der Waals surface area contributed by atoms with Crippen LogP contribution in [0.4, 0.5) is 0 Å². The van der Waals surface area contributed by atoms with Crippen LogP contribution in [-0.2, 0) is 15.6 Å². The van der Waals surface area contributed by atoms with E-state index in [2.05, 4.69) is 0 Å². The van der Waals surface area contributed by atoms with Crippen molar-refractivity contribution in [2.45, 2.75) is 15.5 Å². The topological polar surface area (TPSA) is 102 Å². The minimum Gasteiger partial charge on any atom is -0.468 e. The second-order valence-electron chi connectivity index (χ2n) is 4.31. The van der Waals surface area contributed by atoms with Crippen LogP contribution in [0.3, 0.4) is 0 Å². The van der Waals surface area contributed by atoms with E-state index in [9.17, 15) is 13.2 Å². The van der Waals surface area contributed by atoms with Crippen molar-refractivity contribution in [2.75, 3.05) is 6.26 Å². The lowest BCUT2D eigenvalue weighted by molar-refractivity contribution is 0.0953. The third kappa shape index (κ3) is 4.10. The Balaban J connectivity index is 2.00. The summed E-state index contributed by atoms with van der Waals surface area (Å²) < 4.78 is 28.0. The lowest BCUT2D eigenvalue weighted by Crippen LogP contribution is -2.29. The molecule has 8 heteroatoms. The standard InChI is InChI=1S/C13H14N2O4S2/c1-21(17,18)12-4-2-11(3-5-12)20-8-10-6-9(7-19-10)13(16)15-14/h2-7H,8,14H2,1H3,(H,15,16). The zero-order chi connectivity index (χ0) is 15.5. The predicted molar refractivity (Wildman–Crippen MR) is 79.5 cm³/mol. The van der Waals surface area contributed by atoms with Gasteiger partial charge in [-0.1, -0.05) is 0 Å². The molecule has 6 nitrogen and oxygen atoms in total. The molecule has 0 saturated heterocycles. The highest BCUT2D eigenvalue weighted by atomic mass is 32.2. The predicted octanol–water partition coefficient (Wildman–Crippen LogP) is 1.58. The molecule has 0 aliphatic heterocycles. The molecule has 0 unspecified atom stereocenters. The Hall–Kier alpha value is -1.77. The molecule has 2 aromatic rings. The molecule has 0 bridgehead atoms. The van der Waals surface area contributed by atoms with Crippen LogP contribution in [0.15, 0.2) is 50.8 Å². The van der Waals surface area contributed by atoms with Crippen LogP contribution in [0.1, 0.15) is 16.1 Å². The summed E-state index contributed by atoms with van der Waals surface area (Å²) in [6.45, 7) is 0. The zero-order valence-corrected chi connectivity index (χ0v) is 12.8. The fourth-order valence-electron chi connectivity index (χ4n) is 1.60. The van der Waals surface area contributed by atoms with Gasteiger partial charge < -0.3 is 4.42 Å². The Morgan fingerprint density at radius 2 is 2.00 bits per heavy atom. The molecule has 3 N–H and O–H groups in total. The summed E-state index contributed by atoms with van der Waals surface area (Å²) in [6, 6.07) is 8.20. The molecule has 1 heterocycles. The number of rotatable bonds is 5. The van der Waals surface area contributed by atoms with Gasteiger partial charge in [0, 0.05) is 11.2 Å². The van der Waals surface area contributed by atoms with Crippen molar-refractivity contribution in [3.8, 4) is 0 Å². The number of furan rings is 1. The van der Waals surface area contributed by atoms with Crippen molar-refractivity contribution >= 4 is 27.5 Å². The minimum absolute atomic E-state index is 0.284. The average molecular weight is 326 g/mol. The highest BCUT2D eigenvalue weighted by molar-refractivity contribution is 7.98. The fourth-order valence-corrected chi connectivity index (χ4v) is 3.02. The molecule has 21 heavy (non-hydrogen) atoms. The normalized spacial score (nSPS) is 11.3. The van der Waals surface area contributed by atoms with Gasteiger partial charge in [-0.3, -0.25) is 10.2 Å². The summed E-state index contributed by atoms with van der Waals surface area (Å²) in [4.78, 5) is 12.5. The lowest BCUT2D eigenvalue weighted by atomic mass is 10.3. The first-order valence-electron chi connectivity index (χ1n) is 5.91. The monoisotopic (exact) mass is 326 g/mol. The number of thioether (sulfide) groups is 1. The van der Waals surface area contributed by atoms with Gasteiger partial charge >= 0.3 is 0 Å². The average Bonchev–Trinajstić information content (AvgIpc) is 2.92. The number of hydrogen-bond donors (Lipinski definition) is 2. The number of hydrazine groups is 1. The maximum Gasteiger partial charge on any atom is 0.268 e. The first-order valence-corrected chi connectivity index (χ1v) is 8.79. The highest BCUT2D eigenvalue weighted by Crippen LogP contribution is 2.25. The molecule has 112 valence electrons. The van der Waals surface area contributed by atoms with Gasteiger partial charge in [0.1, 0.15) is 12.0 Å². The Kier molecular flexibility index (Phi) is 4.71. The molecule has 0 spiro atoms. The van der Waals surface area contributed by atoms with Gasteiger partial charge in [-0.05, 0) is 30.3 Å². The highest BCUT2D eigenvalue weighted by Gasteiger charge is 2.10. The number of amides is 1. The van der Waals surface area contributed by atoms with Crippen LogP contribution in [0.2, 0.25) is 0 Å². The number of carbonyl (C=O) groups is 1. The van der Waals surface area contributed by atoms with Crippen molar-refractivity contribution in [3.05, 3.63) is 47.9 Å². The smallest absolute Gasteiger partial charge is 0.268 e. The van der Waals surface area contributed by atoms with Crippen LogP contribution in [-0.4, -0.2) is 20.6 Å². The quantitative estimate of drug-likeness (QED) is 0.374. The Morgan fingerprint density at radius 1 is 1.33 bits per heavy atom. The third-order valence-corrected chi connectivity index (χ3v) is 4.84. The fraction of sp³-hybridized carbons (Fsp3) is 0.154. The van der Waals surface area contributed by atoms with Gasteiger partial charge in [0.15, 0.2) is 9.84 Å². The Bertz CT molecular complexity index is 736. The summed E-state index contributed by atoms with van der Waals surface area (Å²) in [5.41, 5.74) is 2.39. The molecule has 0 radical (unpaired) electrons. The zero-order valence-electron chi connectivity index (χ0n) is 11.2. The van der Waals surface area contributed by atoms with E-state index in [1.165, 1.54) is 24.3 Å². The number of nitrogen functional groups attached to an aromatic ring is 1. The maximum absolute atomic E-state index is 11.3. The summed E-state index contributed by atoms with van der Waals surface area (Å²) in [6.07, 6.45) is 2.51. The number of benzene rings is 1. The summed E-state index contributed by atoms with van der Waals surface area (Å²) in [5.74, 6) is 5.78. The molecule has 1 amide bonds. The number of nitrogens with two attached hydrogens (primary N) is 1. The van der Waals surface area contributed by atoms with Crippen LogP contribution in [0.25, 0.3) is 0 Å². The van der Waals surface area contributed by atoms with E-state index >= 15 is 0 Å². The second kappa shape index (κ2) is 6.33. The van der Waals surface area contributed by atoms with Gasteiger partial charge in [0.25, 0.3) is 5.91 Å². The van der Waals surface area contributed by atoms with Gasteiger partial charge in [-0.2, -0.15) is 0 Å². The molecule has 0 fully saturated rings. The molecule has 0 aliphatic rings. The van der Waals surface area contributed by atoms with Crippen molar-refractivity contribution in [1.29, 1.82) is 0 Å². The van der Waals surface area contributed by atoms with E-state index in [0.717, 1.165) is 4.90 Å². The largest absolute Gasteiger partial charge is 0.468 e. The second-order valence-corrected chi connectivity index (χ2v) is 7.37. The van der Waals surface area contributed by atoms with Crippen molar-refractivity contribution in [1.82, 2.24) is 5.43 Å². The first kappa shape index (κ1) is 15.6. The van der Waals surface area contributed by atoms with Crippen LogP contribution >= 0.6 is 11.8 Å². The van der Waals surface area contributed by atoms with Gasteiger partial charge in [-0.25, -0.2) is 14.3 Å². The first-order chi connectivity index (χ1) is 9.90. The summed E-state index contributed by atoms with van der Waals surface area (Å²) in [7, 11) is -3.18. The lowest BCUT2D eigenvalue weighted by Gasteiger charge is -2.01. The van der Waals surface area contributed by atoms with E-state index in [-0.39, 0.29) is 4.90 Å². The van der Waals surface area contributed by atoms with Crippen LogP contribution in [0.5, 0.6) is 0 Å². The van der Waals surface area contributed by atoms with Gasteiger partial charge in [-0.15, -0.1) is 11.8 Å². The Labute approximate surface area is 126 Å². The molecule has 0 saturated carbocycles. The van der Waals surface area contributed by atoms with Gasteiger partial charge in [0.2, 0.25) is 0 Å². The van der Waals surface area contributed by atoms with Crippen molar-refractivity contribution < 1.29 is 17.6 Å². The molecule has 1 aromatic heterocycles. The molecule has 2 rings (SSSR count). The van der Waals surface area contributed by atoms with Gasteiger partial charge in [0.05, 0.1) is 16.2 Å². The minimum atomic E-state index is -3.18. The maximum atomic E-state index is 11.3. The van der Waals surface area contributed by atoms with Crippen LogP contribution in [0, 0.1) is 0 Å².